The van der Waals surface area contributed by atoms with E-state index in [0.717, 1.165) is 45.7 Å². The van der Waals surface area contributed by atoms with Gasteiger partial charge in [0.05, 0.1) is 0 Å². The van der Waals surface area contributed by atoms with Crippen molar-refractivity contribution in [3.63, 3.8) is 0 Å². The molecule has 1 amide bonds. The Kier molecular flexibility index (Phi) is 13.6. The van der Waals surface area contributed by atoms with Crippen molar-refractivity contribution in [1.29, 1.82) is 0 Å². The Morgan fingerprint density at radius 1 is 1.35 bits per heavy atom. The first kappa shape index (κ1) is 19.1. The average molecular weight is 284 g/mol. The van der Waals surface area contributed by atoms with E-state index in [4.69, 9.17) is 0 Å². The Morgan fingerprint density at radius 2 is 2.00 bits per heavy atom. The monoisotopic (exact) mass is 283 g/mol. The number of piperazine rings is 1. The van der Waals surface area contributed by atoms with Gasteiger partial charge in [-0.15, -0.1) is 31.4 Å². The molecule has 0 bridgehead atoms. The zero-order chi connectivity index (χ0) is 10.9. The molecule has 0 aromatic heterocycles. The highest BCUT2D eigenvalue weighted by atomic mass is 35.5. The van der Waals surface area contributed by atoms with E-state index in [-0.39, 0.29) is 30.7 Å². The first-order valence-electron chi connectivity index (χ1n) is 5.63. The van der Waals surface area contributed by atoms with Crippen LogP contribution in [0.2, 0.25) is 0 Å². The molecule has 1 aliphatic rings. The Labute approximate surface area is 116 Å². The van der Waals surface area contributed by atoms with E-state index in [1.165, 1.54) is 0 Å². The van der Waals surface area contributed by atoms with Crippen LogP contribution < -0.4 is 10.6 Å². The summed E-state index contributed by atoms with van der Waals surface area (Å²) in [4.78, 5) is 13.6. The van der Waals surface area contributed by atoms with E-state index in [2.05, 4.69) is 22.1 Å². The molecule has 1 heterocycles. The Morgan fingerprint density at radius 3 is 2.59 bits per heavy atom. The van der Waals surface area contributed by atoms with Crippen LogP contribution >= 0.6 is 24.8 Å². The van der Waals surface area contributed by atoms with Crippen molar-refractivity contribution in [2.24, 2.45) is 0 Å². The van der Waals surface area contributed by atoms with Gasteiger partial charge in [0.15, 0.2) is 0 Å². The maximum absolute atomic E-state index is 11.3. The summed E-state index contributed by atoms with van der Waals surface area (Å²) in [5.41, 5.74) is 0. The summed E-state index contributed by atoms with van der Waals surface area (Å²) in [6.45, 7) is 9.60. The molecular formula is C11H23Cl2N3O. The molecule has 17 heavy (non-hydrogen) atoms. The van der Waals surface area contributed by atoms with Gasteiger partial charge in [-0.05, 0) is 6.42 Å². The molecule has 1 saturated heterocycles. The molecule has 6 heteroatoms. The molecule has 1 fully saturated rings. The Hall–Kier alpha value is -0.290. The molecule has 4 nitrogen and oxygen atoms in total. The van der Waals surface area contributed by atoms with Crippen molar-refractivity contribution in [2.75, 3.05) is 39.3 Å². The van der Waals surface area contributed by atoms with Gasteiger partial charge in [0, 0.05) is 45.7 Å². The first-order chi connectivity index (χ1) is 7.33. The molecule has 0 radical (unpaired) electrons. The van der Waals surface area contributed by atoms with Gasteiger partial charge in [-0.2, -0.15) is 0 Å². The lowest BCUT2D eigenvalue weighted by atomic mass is 10.3. The third-order valence-electron chi connectivity index (χ3n) is 2.54. The predicted octanol–water partition coefficient (Wildman–Crippen LogP) is 0.818. The normalized spacial score (nSPS) is 15.3. The summed E-state index contributed by atoms with van der Waals surface area (Å²) in [5.74, 6) is 0.130. The van der Waals surface area contributed by atoms with Crippen molar-refractivity contribution in [1.82, 2.24) is 15.5 Å². The van der Waals surface area contributed by atoms with Crippen molar-refractivity contribution in [3.05, 3.63) is 12.7 Å². The molecule has 0 spiro atoms. The number of rotatable bonds is 6. The minimum Gasteiger partial charge on any atom is -0.355 e. The molecule has 0 saturated carbocycles. The standard InChI is InChI=1S/C11H21N3O.2ClH/c1-2-3-4-11(15)13-7-10-14-8-5-12-6-9-14;;/h2,12H,1,3-10H2,(H,13,15);2*1H. The molecule has 1 aliphatic heterocycles. The van der Waals surface area contributed by atoms with Crippen LogP contribution in [0.15, 0.2) is 12.7 Å². The highest BCUT2D eigenvalue weighted by molar-refractivity contribution is 5.85. The number of nitrogens with one attached hydrogen (secondary N) is 2. The Balaban J connectivity index is 0. The van der Waals surface area contributed by atoms with Gasteiger partial charge < -0.3 is 10.6 Å². The van der Waals surface area contributed by atoms with Gasteiger partial charge in [0.1, 0.15) is 0 Å². The summed E-state index contributed by atoms with van der Waals surface area (Å²) in [7, 11) is 0. The van der Waals surface area contributed by atoms with E-state index in [1.807, 2.05) is 0 Å². The first-order valence-corrected chi connectivity index (χ1v) is 5.63. The highest BCUT2D eigenvalue weighted by Crippen LogP contribution is 1.91. The van der Waals surface area contributed by atoms with Crippen LogP contribution in [-0.2, 0) is 4.79 Å². The SMILES string of the molecule is C=CCCC(=O)NCCN1CCNCC1.Cl.Cl. The van der Waals surface area contributed by atoms with Crippen molar-refractivity contribution in [3.8, 4) is 0 Å². The summed E-state index contributed by atoms with van der Waals surface area (Å²) in [6.07, 6.45) is 3.10. The number of carbonyl (C=O) groups excluding carboxylic acids is 1. The molecule has 0 unspecified atom stereocenters. The van der Waals surface area contributed by atoms with Crippen molar-refractivity contribution in [2.45, 2.75) is 12.8 Å². The molecule has 0 atom stereocenters. The maximum Gasteiger partial charge on any atom is 0.220 e. The second-order valence-corrected chi connectivity index (χ2v) is 3.77. The van der Waals surface area contributed by atoms with Crippen molar-refractivity contribution >= 4 is 30.7 Å². The summed E-state index contributed by atoms with van der Waals surface area (Å²) < 4.78 is 0. The van der Waals surface area contributed by atoms with Crippen LogP contribution in [0.4, 0.5) is 0 Å². The van der Waals surface area contributed by atoms with E-state index in [0.29, 0.717) is 6.42 Å². The molecule has 102 valence electrons. The molecule has 1 rings (SSSR count). The van der Waals surface area contributed by atoms with Crippen LogP contribution in [0, 0.1) is 0 Å². The number of carbonyl (C=O) groups is 1. The number of hydrogen-bond acceptors (Lipinski definition) is 3. The lowest BCUT2D eigenvalue weighted by molar-refractivity contribution is -0.121. The van der Waals surface area contributed by atoms with E-state index < -0.39 is 0 Å². The van der Waals surface area contributed by atoms with Gasteiger partial charge in [-0.25, -0.2) is 0 Å². The van der Waals surface area contributed by atoms with Crippen LogP contribution in [0.1, 0.15) is 12.8 Å². The highest BCUT2D eigenvalue weighted by Gasteiger charge is 2.08. The summed E-state index contributed by atoms with van der Waals surface area (Å²) in [5, 5.41) is 6.22. The van der Waals surface area contributed by atoms with Crippen LogP contribution in [0.3, 0.4) is 0 Å². The van der Waals surface area contributed by atoms with E-state index >= 15 is 0 Å². The fourth-order valence-electron chi connectivity index (χ4n) is 1.61. The van der Waals surface area contributed by atoms with Crippen LogP contribution in [0.5, 0.6) is 0 Å². The minimum absolute atomic E-state index is 0. The lowest BCUT2D eigenvalue weighted by Gasteiger charge is -2.27. The van der Waals surface area contributed by atoms with Crippen LogP contribution in [-0.4, -0.2) is 50.1 Å². The largest absolute Gasteiger partial charge is 0.355 e. The van der Waals surface area contributed by atoms with Crippen LogP contribution in [0.25, 0.3) is 0 Å². The second-order valence-electron chi connectivity index (χ2n) is 3.77. The Bertz CT molecular complexity index is 209. The van der Waals surface area contributed by atoms with E-state index in [9.17, 15) is 4.79 Å². The zero-order valence-corrected chi connectivity index (χ0v) is 11.7. The molecular weight excluding hydrogens is 261 g/mol. The fraction of sp³-hybridized carbons (Fsp3) is 0.727. The number of allylic oxidation sites excluding steroid dienone is 1. The van der Waals surface area contributed by atoms with Gasteiger partial charge in [0.2, 0.25) is 5.91 Å². The maximum atomic E-state index is 11.3. The van der Waals surface area contributed by atoms with Gasteiger partial charge >= 0.3 is 0 Å². The summed E-state index contributed by atoms with van der Waals surface area (Å²) >= 11 is 0. The van der Waals surface area contributed by atoms with Gasteiger partial charge in [0.25, 0.3) is 0 Å². The van der Waals surface area contributed by atoms with Crippen molar-refractivity contribution < 1.29 is 4.79 Å². The number of amides is 1. The third kappa shape index (κ3) is 9.41. The minimum atomic E-state index is 0. The van der Waals surface area contributed by atoms with E-state index in [1.54, 1.807) is 6.08 Å². The molecule has 2 N–H and O–H groups in total. The predicted molar refractivity (Wildman–Crippen MR) is 76.2 cm³/mol. The third-order valence-corrected chi connectivity index (χ3v) is 2.54. The van der Waals surface area contributed by atoms with Gasteiger partial charge in [-0.3, -0.25) is 9.69 Å². The lowest BCUT2D eigenvalue weighted by Crippen LogP contribution is -2.46. The molecule has 0 aromatic rings. The number of nitrogens with zero attached hydrogens (tertiary/aromatic N) is 1. The fourth-order valence-corrected chi connectivity index (χ4v) is 1.61. The summed E-state index contributed by atoms with van der Waals surface area (Å²) in [6, 6.07) is 0. The average Bonchev–Trinajstić information content (AvgIpc) is 2.28. The smallest absolute Gasteiger partial charge is 0.220 e. The number of halogens is 2. The number of hydrogen-bond donors (Lipinski definition) is 2. The van der Waals surface area contributed by atoms with Gasteiger partial charge in [-0.1, -0.05) is 6.08 Å². The second kappa shape index (κ2) is 12.2. The molecule has 0 aliphatic carbocycles. The topological polar surface area (TPSA) is 44.4 Å². The zero-order valence-electron chi connectivity index (χ0n) is 10.1. The molecule has 0 aromatic carbocycles. The quantitative estimate of drug-likeness (QED) is 0.710.